The first-order chi connectivity index (χ1) is 17.1. The average Bonchev–Trinajstić information content (AvgIpc) is 3.22. The Labute approximate surface area is 208 Å². The Morgan fingerprint density at radius 3 is 2.69 bits per heavy atom. The van der Waals surface area contributed by atoms with Crippen LogP contribution in [0.15, 0.2) is 42.5 Å². The summed E-state index contributed by atoms with van der Waals surface area (Å²) >= 11 is 1.49. The monoisotopic (exact) mass is 491 g/mol. The molecular formula is C27H30FN5OS. The van der Waals surface area contributed by atoms with Crippen LogP contribution >= 0.6 is 11.3 Å². The van der Waals surface area contributed by atoms with Gasteiger partial charge in [-0.25, -0.2) is 9.37 Å². The third-order valence-corrected chi connectivity index (χ3v) is 7.55. The lowest BCUT2D eigenvalue weighted by Crippen LogP contribution is -2.43. The number of carbonyl (C=O) groups is 1. The summed E-state index contributed by atoms with van der Waals surface area (Å²) in [5.41, 5.74) is 3.77. The molecular weight excluding hydrogens is 461 g/mol. The molecule has 0 bridgehead atoms. The number of thiophene rings is 1. The summed E-state index contributed by atoms with van der Waals surface area (Å²) in [4.78, 5) is 20.5. The maximum atomic E-state index is 14.9. The largest absolute Gasteiger partial charge is 0.381 e. The lowest BCUT2D eigenvalue weighted by Gasteiger charge is -2.29. The van der Waals surface area contributed by atoms with Gasteiger partial charge in [0.05, 0.1) is 16.9 Å². The SMILES string of the molecule is CC.C[C@@H]1CNc2c(sc3ccc4nc(-c5cc(N6CCNCC6)ccc5F)ccc4c23)C(=O)N1. The minimum Gasteiger partial charge on any atom is -0.381 e. The van der Waals surface area contributed by atoms with Gasteiger partial charge in [-0.1, -0.05) is 13.8 Å². The Bertz CT molecular complexity index is 1400. The fourth-order valence-corrected chi connectivity index (χ4v) is 5.80. The summed E-state index contributed by atoms with van der Waals surface area (Å²) < 4.78 is 15.9. The molecule has 1 saturated heterocycles. The van der Waals surface area contributed by atoms with Crippen molar-refractivity contribution in [1.29, 1.82) is 0 Å². The Morgan fingerprint density at radius 1 is 1.09 bits per heavy atom. The third-order valence-electron chi connectivity index (χ3n) is 6.40. The number of carbonyl (C=O) groups excluding carboxylic acids is 1. The van der Waals surface area contributed by atoms with Crippen LogP contribution in [0.2, 0.25) is 0 Å². The highest BCUT2D eigenvalue weighted by Gasteiger charge is 2.25. The molecule has 4 heterocycles. The molecule has 1 amide bonds. The summed E-state index contributed by atoms with van der Waals surface area (Å²) in [5.74, 6) is -0.327. The maximum absolute atomic E-state index is 14.9. The van der Waals surface area contributed by atoms with Crippen LogP contribution in [0.25, 0.3) is 32.2 Å². The van der Waals surface area contributed by atoms with Crippen LogP contribution in [0.1, 0.15) is 30.4 Å². The number of halogens is 1. The number of anilines is 2. The minimum atomic E-state index is -0.279. The van der Waals surface area contributed by atoms with Gasteiger partial charge in [0.25, 0.3) is 5.91 Å². The van der Waals surface area contributed by atoms with Crippen molar-refractivity contribution in [3.8, 4) is 11.3 Å². The number of aromatic nitrogens is 1. The van der Waals surface area contributed by atoms with Gasteiger partial charge >= 0.3 is 0 Å². The minimum absolute atomic E-state index is 0.0479. The van der Waals surface area contributed by atoms with Crippen LogP contribution in [0.4, 0.5) is 15.8 Å². The normalized spacial score (nSPS) is 17.8. The molecule has 0 saturated carbocycles. The molecule has 4 aromatic rings. The molecule has 0 radical (unpaired) electrons. The number of rotatable bonds is 2. The zero-order valence-corrected chi connectivity index (χ0v) is 21.1. The first kappa shape index (κ1) is 23.5. The van der Waals surface area contributed by atoms with Gasteiger partial charge in [-0.15, -0.1) is 11.3 Å². The van der Waals surface area contributed by atoms with Gasteiger partial charge in [-0.3, -0.25) is 4.79 Å². The Hall–Kier alpha value is -3.23. The molecule has 182 valence electrons. The third kappa shape index (κ3) is 4.32. The van der Waals surface area contributed by atoms with E-state index in [1.165, 1.54) is 17.4 Å². The zero-order valence-electron chi connectivity index (χ0n) is 20.2. The van der Waals surface area contributed by atoms with E-state index in [0.717, 1.165) is 58.5 Å². The van der Waals surface area contributed by atoms with Crippen LogP contribution in [-0.2, 0) is 0 Å². The van der Waals surface area contributed by atoms with E-state index in [4.69, 9.17) is 4.98 Å². The fraction of sp³-hybridized carbons (Fsp3) is 0.333. The van der Waals surface area contributed by atoms with Crippen molar-refractivity contribution in [2.24, 2.45) is 0 Å². The Morgan fingerprint density at radius 2 is 1.89 bits per heavy atom. The lowest BCUT2D eigenvalue weighted by atomic mass is 10.0. The predicted octanol–water partition coefficient (Wildman–Crippen LogP) is 5.24. The standard InChI is InChI=1S/C25H24FN5OS.C2H6/c1-14-13-28-23-22-16-3-5-20(30-19(16)6-7-21(22)33-24(23)25(32)29-14)17-12-15(2-4-18(17)26)31-10-8-27-9-11-31;1-2/h2-7,12,14,27-28H,8-11,13H2,1H3,(H,29,32);1-2H3/t14-;/m1./s1. The molecule has 8 heteroatoms. The topological polar surface area (TPSA) is 69.3 Å². The zero-order chi connectivity index (χ0) is 24.5. The van der Waals surface area contributed by atoms with Gasteiger partial charge in [-0.2, -0.15) is 0 Å². The lowest BCUT2D eigenvalue weighted by molar-refractivity contribution is 0.0949. The molecule has 1 fully saturated rings. The van der Waals surface area contributed by atoms with Gasteiger partial charge in [0.15, 0.2) is 0 Å². The van der Waals surface area contributed by atoms with E-state index in [1.54, 1.807) is 0 Å². The number of fused-ring (bicyclic) bond motifs is 5. The highest BCUT2D eigenvalue weighted by Crippen LogP contribution is 2.41. The second kappa shape index (κ2) is 9.79. The second-order valence-electron chi connectivity index (χ2n) is 8.66. The van der Waals surface area contributed by atoms with Crippen molar-refractivity contribution >= 4 is 49.6 Å². The van der Waals surface area contributed by atoms with Crippen LogP contribution in [0.3, 0.4) is 0 Å². The predicted molar refractivity (Wildman–Crippen MR) is 144 cm³/mol. The number of piperazine rings is 1. The van der Waals surface area contributed by atoms with E-state index in [2.05, 4.69) is 20.9 Å². The van der Waals surface area contributed by atoms with Gasteiger partial charge in [0.1, 0.15) is 10.7 Å². The summed E-state index contributed by atoms with van der Waals surface area (Å²) in [5, 5.41) is 11.8. The molecule has 0 unspecified atom stereocenters. The van der Waals surface area contributed by atoms with Crippen molar-refractivity contribution in [3.05, 3.63) is 53.2 Å². The summed E-state index contributed by atoms with van der Waals surface area (Å²) in [6.07, 6.45) is 0. The van der Waals surface area contributed by atoms with Gasteiger partial charge in [-0.05, 0) is 49.4 Å². The number of benzene rings is 2. The average molecular weight is 492 g/mol. The molecule has 3 N–H and O–H groups in total. The fourth-order valence-electron chi connectivity index (χ4n) is 4.70. The summed E-state index contributed by atoms with van der Waals surface area (Å²) in [6, 6.07) is 13.2. The molecule has 2 aromatic carbocycles. The Kier molecular flexibility index (Phi) is 6.58. The molecule has 6 rings (SSSR count). The molecule has 0 spiro atoms. The van der Waals surface area contributed by atoms with Gasteiger partial charge in [0.2, 0.25) is 0 Å². The second-order valence-corrected chi connectivity index (χ2v) is 9.72. The van der Waals surface area contributed by atoms with Gasteiger partial charge in [0, 0.05) is 65.5 Å². The van der Waals surface area contributed by atoms with Gasteiger partial charge < -0.3 is 20.9 Å². The number of nitrogens with zero attached hydrogens (tertiary/aromatic N) is 2. The number of hydrogen-bond donors (Lipinski definition) is 3. The smallest absolute Gasteiger partial charge is 0.263 e. The number of hydrogen-bond acceptors (Lipinski definition) is 6. The van der Waals surface area contributed by atoms with E-state index in [1.807, 2.05) is 57.2 Å². The summed E-state index contributed by atoms with van der Waals surface area (Å²) in [7, 11) is 0. The molecule has 2 aliphatic heterocycles. The van der Waals surface area contributed by atoms with Crippen LogP contribution in [0, 0.1) is 5.82 Å². The molecule has 35 heavy (non-hydrogen) atoms. The van der Waals surface area contributed by atoms with Crippen molar-refractivity contribution in [2.45, 2.75) is 26.8 Å². The van der Waals surface area contributed by atoms with Crippen LogP contribution in [0.5, 0.6) is 0 Å². The number of nitrogens with one attached hydrogen (secondary N) is 3. The van der Waals surface area contributed by atoms with Crippen molar-refractivity contribution in [2.75, 3.05) is 42.9 Å². The van der Waals surface area contributed by atoms with Crippen LogP contribution in [-0.4, -0.2) is 49.7 Å². The Balaban J connectivity index is 0.00000124. The summed E-state index contributed by atoms with van der Waals surface area (Å²) in [6.45, 7) is 10.3. The highest BCUT2D eigenvalue weighted by atomic mass is 32.1. The van der Waals surface area contributed by atoms with E-state index in [0.29, 0.717) is 22.7 Å². The first-order valence-corrected chi connectivity index (χ1v) is 13.1. The van der Waals surface area contributed by atoms with E-state index in [-0.39, 0.29) is 17.8 Å². The maximum Gasteiger partial charge on any atom is 0.263 e. The van der Waals surface area contributed by atoms with Crippen molar-refractivity contribution in [3.63, 3.8) is 0 Å². The van der Waals surface area contributed by atoms with Crippen molar-refractivity contribution in [1.82, 2.24) is 15.6 Å². The van der Waals surface area contributed by atoms with E-state index in [9.17, 15) is 9.18 Å². The highest BCUT2D eigenvalue weighted by molar-refractivity contribution is 7.21. The number of pyridine rings is 1. The first-order valence-electron chi connectivity index (χ1n) is 12.2. The van der Waals surface area contributed by atoms with Crippen molar-refractivity contribution < 1.29 is 9.18 Å². The molecule has 2 aromatic heterocycles. The molecule has 6 nitrogen and oxygen atoms in total. The molecule has 2 aliphatic rings. The number of amides is 1. The van der Waals surface area contributed by atoms with Crippen LogP contribution < -0.4 is 20.9 Å². The molecule has 1 atom stereocenters. The van der Waals surface area contributed by atoms with E-state index < -0.39 is 0 Å². The quantitative estimate of drug-likeness (QED) is 0.358. The molecule has 0 aliphatic carbocycles. The van der Waals surface area contributed by atoms with E-state index >= 15 is 0 Å².